The second-order valence-electron chi connectivity index (χ2n) is 3.15. The van der Waals surface area contributed by atoms with Crippen LogP contribution in [0.1, 0.15) is 17.0 Å². The molecule has 1 aromatic carbocycles. The van der Waals surface area contributed by atoms with E-state index in [0.717, 1.165) is 0 Å². The molecule has 0 fully saturated rings. The molecular formula is C13H9MoO3-. The maximum Gasteiger partial charge on any atom is -0.0249 e. The van der Waals surface area contributed by atoms with Gasteiger partial charge in [-0.3, -0.25) is 0 Å². The SMILES string of the molecule is O=[C]=[Mo](=[C]=O)=[C]=O.[CH2-]C1C=Cc2ccccc21. The predicted octanol–water partition coefficient (Wildman–Crippen LogP) is 1.44. The van der Waals surface area contributed by atoms with Crippen LogP contribution in [0.4, 0.5) is 0 Å². The van der Waals surface area contributed by atoms with Gasteiger partial charge in [0.25, 0.3) is 0 Å². The van der Waals surface area contributed by atoms with E-state index in [4.69, 9.17) is 0 Å². The van der Waals surface area contributed by atoms with Gasteiger partial charge in [0.05, 0.1) is 0 Å². The molecule has 1 aromatic rings. The molecule has 1 aliphatic rings. The van der Waals surface area contributed by atoms with Crippen LogP contribution >= 0.6 is 0 Å². The Hall–Kier alpha value is -1.61. The fourth-order valence-electron chi connectivity index (χ4n) is 1.37. The summed E-state index contributed by atoms with van der Waals surface area (Å²) < 4.78 is 3.82. The van der Waals surface area contributed by atoms with Crippen LogP contribution in [0.3, 0.4) is 0 Å². The maximum absolute atomic E-state index is 9.39. The fourth-order valence-corrected chi connectivity index (χ4v) is 1.63. The monoisotopic (exact) mass is 311 g/mol. The van der Waals surface area contributed by atoms with E-state index >= 15 is 0 Å². The summed E-state index contributed by atoms with van der Waals surface area (Å²) in [5.74, 6) is 0.371. The van der Waals surface area contributed by atoms with Gasteiger partial charge >= 0.3 is 43.1 Å². The number of allylic oxidation sites excluding steroid dienone is 1. The minimum absolute atomic E-state index is 0.371. The minimum atomic E-state index is -2.85. The molecule has 2 rings (SSSR count). The third-order valence-electron chi connectivity index (χ3n) is 2.15. The van der Waals surface area contributed by atoms with Crippen LogP contribution < -0.4 is 0 Å². The first-order chi connectivity index (χ1) is 8.22. The smallest absolute Gasteiger partial charge is 0.0249 e. The van der Waals surface area contributed by atoms with Gasteiger partial charge in [0, 0.05) is 0 Å². The predicted molar refractivity (Wildman–Crippen MR) is 60.7 cm³/mol. The first kappa shape index (κ1) is 13.5. The van der Waals surface area contributed by atoms with E-state index in [-0.39, 0.29) is 0 Å². The van der Waals surface area contributed by atoms with Gasteiger partial charge in [0.2, 0.25) is 0 Å². The van der Waals surface area contributed by atoms with Gasteiger partial charge < -0.3 is 6.92 Å². The van der Waals surface area contributed by atoms with Crippen molar-refractivity contribution in [2.75, 3.05) is 0 Å². The molecule has 0 spiro atoms. The zero-order chi connectivity index (χ0) is 12.7. The average molecular weight is 309 g/mol. The van der Waals surface area contributed by atoms with Gasteiger partial charge in [0.15, 0.2) is 0 Å². The van der Waals surface area contributed by atoms with Crippen LogP contribution in [0.15, 0.2) is 30.3 Å². The Morgan fingerprint density at radius 1 is 1.06 bits per heavy atom. The number of hydrogen-bond acceptors (Lipinski definition) is 3. The number of carbonyl (C=O) groups excluding carboxylic acids is 3. The Balaban J connectivity index is 0.000000185. The zero-order valence-corrected chi connectivity index (χ0v) is 10.9. The number of hydrogen-bond donors (Lipinski definition) is 0. The van der Waals surface area contributed by atoms with E-state index in [1.54, 1.807) is 0 Å². The van der Waals surface area contributed by atoms with Crippen molar-refractivity contribution in [2.24, 2.45) is 0 Å². The zero-order valence-electron chi connectivity index (χ0n) is 8.88. The van der Waals surface area contributed by atoms with Crippen LogP contribution in [-0.4, -0.2) is 12.8 Å². The molecule has 0 saturated heterocycles. The summed E-state index contributed by atoms with van der Waals surface area (Å²) in [6, 6.07) is 8.37. The fraction of sp³-hybridized carbons (Fsp3) is 0.0769. The molecule has 3 nitrogen and oxygen atoms in total. The summed E-state index contributed by atoms with van der Waals surface area (Å²) in [5.41, 5.74) is 2.67. The van der Waals surface area contributed by atoms with Gasteiger partial charge in [-0.15, -0.1) is 12.0 Å². The maximum atomic E-state index is 9.39. The third kappa shape index (κ3) is 3.71. The van der Waals surface area contributed by atoms with Crippen LogP contribution in [0.5, 0.6) is 0 Å². The molecule has 0 aliphatic heterocycles. The van der Waals surface area contributed by atoms with Gasteiger partial charge in [-0.05, 0) is 5.56 Å². The normalized spacial score (nSPS) is 14.5. The third-order valence-corrected chi connectivity index (χ3v) is 3.38. The molecule has 0 heterocycles. The van der Waals surface area contributed by atoms with E-state index < -0.39 is 15.9 Å². The molecular weight excluding hydrogens is 300 g/mol. The van der Waals surface area contributed by atoms with Gasteiger partial charge in [0.1, 0.15) is 0 Å². The minimum Gasteiger partial charge on any atom is -0.332 e. The van der Waals surface area contributed by atoms with E-state index in [1.807, 2.05) is 0 Å². The Morgan fingerprint density at radius 3 is 2.12 bits per heavy atom. The van der Waals surface area contributed by atoms with E-state index in [1.165, 1.54) is 23.9 Å². The molecule has 1 atom stereocenters. The van der Waals surface area contributed by atoms with E-state index in [2.05, 4.69) is 43.3 Å². The second kappa shape index (κ2) is 6.86. The molecule has 0 aromatic heterocycles. The van der Waals surface area contributed by atoms with Crippen molar-refractivity contribution in [3.63, 3.8) is 0 Å². The molecule has 4 heteroatoms. The van der Waals surface area contributed by atoms with Crippen molar-refractivity contribution in [2.45, 2.75) is 5.92 Å². The molecule has 1 aliphatic carbocycles. The Bertz CT molecular complexity index is 606. The molecule has 1 unspecified atom stereocenters. The Morgan fingerprint density at radius 2 is 1.65 bits per heavy atom. The average Bonchev–Trinajstić information content (AvgIpc) is 2.75. The van der Waals surface area contributed by atoms with Crippen LogP contribution in [-0.2, 0) is 30.3 Å². The molecule has 0 N–H and O–H groups in total. The van der Waals surface area contributed by atoms with E-state index in [9.17, 15) is 14.4 Å². The summed E-state index contributed by atoms with van der Waals surface area (Å²) in [7, 11) is 0. The standard InChI is InChI=1S/C10H9.3CO.Mo/c1-8-6-7-9-4-2-3-5-10(8)9;3*1-2;/h2-8H,1H2;;;;/q-1;;;;. The summed E-state index contributed by atoms with van der Waals surface area (Å²) in [5, 5.41) is 0. The summed E-state index contributed by atoms with van der Waals surface area (Å²) in [4.78, 5) is 28.2. The van der Waals surface area contributed by atoms with Crippen molar-refractivity contribution < 1.29 is 30.3 Å². The first-order valence-corrected chi connectivity index (χ1v) is 7.71. The second-order valence-corrected chi connectivity index (χ2v) is 5.88. The van der Waals surface area contributed by atoms with Crippen molar-refractivity contribution in [3.05, 3.63) is 48.4 Å². The molecule has 17 heavy (non-hydrogen) atoms. The van der Waals surface area contributed by atoms with Crippen LogP contribution in [0, 0.1) is 6.92 Å². The molecule has 0 radical (unpaired) electrons. The van der Waals surface area contributed by atoms with Crippen molar-refractivity contribution in [1.29, 1.82) is 0 Å². The molecule has 0 amide bonds. The number of benzene rings is 1. The topological polar surface area (TPSA) is 51.2 Å². The van der Waals surface area contributed by atoms with Gasteiger partial charge in [-0.1, -0.05) is 35.9 Å². The Labute approximate surface area is 103 Å². The number of fused-ring (bicyclic) bond motifs is 1. The van der Waals surface area contributed by atoms with E-state index in [0.29, 0.717) is 5.92 Å². The summed E-state index contributed by atoms with van der Waals surface area (Å²) in [6.45, 7) is 3.99. The molecule has 86 valence electrons. The number of rotatable bonds is 0. The quantitative estimate of drug-likeness (QED) is 0.538. The molecule has 0 saturated carbocycles. The van der Waals surface area contributed by atoms with Crippen molar-refractivity contribution in [1.82, 2.24) is 0 Å². The largest absolute Gasteiger partial charge is 0.332 e. The van der Waals surface area contributed by atoms with Gasteiger partial charge in [-0.25, -0.2) is 0 Å². The van der Waals surface area contributed by atoms with Crippen LogP contribution in [0.2, 0.25) is 0 Å². The summed E-state index contributed by atoms with van der Waals surface area (Å²) >= 11 is -2.85. The first-order valence-electron chi connectivity index (χ1n) is 4.70. The van der Waals surface area contributed by atoms with Crippen LogP contribution in [0.25, 0.3) is 6.08 Å². The van der Waals surface area contributed by atoms with Gasteiger partial charge in [-0.2, -0.15) is 0 Å². The van der Waals surface area contributed by atoms with Crippen molar-refractivity contribution >= 4 is 18.9 Å². The molecule has 0 bridgehead atoms. The van der Waals surface area contributed by atoms with Crippen molar-refractivity contribution in [3.8, 4) is 0 Å². The Kier molecular flexibility index (Phi) is 5.43. The summed E-state index contributed by atoms with van der Waals surface area (Å²) in [6.07, 6.45) is 4.26.